The van der Waals surface area contributed by atoms with Crippen molar-refractivity contribution in [2.75, 3.05) is 36.9 Å². The second-order valence-electron chi connectivity index (χ2n) is 4.20. The van der Waals surface area contributed by atoms with Gasteiger partial charge in [-0.3, -0.25) is 0 Å². The molecular formula is C12H14N6O. The average Bonchev–Trinajstić information content (AvgIpc) is 2.48. The fourth-order valence-corrected chi connectivity index (χ4v) is 1.94. The summed E-state index contributed by atoms with van der Waals surface area (Å²) in [6.07, 6.45) is 4.90. The lowest BCUT2D eigenvalue weighted by Gasteiger charge is -2.27. The first-order chi connectivity index (χ1) is 9.33. The number of nitrogen functional groups attached to an aromatic ring is 1. The minimum Gasteiger partial charge on any atom is -0.384 e. The van der Waals surface area contributed by atoms with Crippen LogP contribution in [0.15, 0.2) is 24.8 Å². The van der Waals surface area contributed by atoms with Gasteiger partial charge in [-0.2, -0.15) is 4.98 Å². The van der Waals surface area contributed by atoms with Crippen LogP contribution < -0.4 is 10.6 Å². The molecule has 0 radical (unpaired) electrons. The highest BCUT2D eigenvalue weighted by Crippen LogP contribution is 2.20. The summed E-state index contributed by atoms with van der Waals surface area (Å²) in [7, 11) is 0. The Morgan fingerprint density at radius 1 is 1.11 bits per heavy atom. The molecule has 98 valence electrons. The van der Waals surface area contributed by atoms with E-state index < -0.39 is 0 Å². The van der Waals surface area contributed by atoms with Gasteiger partial charge < -0.3 is 15.4 Å². The highest BCUT2D eigenvalue weighted by molar-refractivity contribution is 5.62. The van der Waals surface area contributed by atoms with Gasteiger partial charge in [-0.25, -0.2) is 15.0 Å². The van der Waals surface area contributed by atoms with Crippen LogP contribution in [0.5, 0.6) is 0 Å². The predicted molar refractivity (Wildman–Crippen MR) is 70.5 cm³/mol. The molecule has 0 atom stereocenters. The van der Waals surface area contributed by atoms with Gasteiger partial charge in [0.25, 0.3) is 0 Å². The number of nitrogens with two attached hydrogens (primary N) is 1. The van der Waals surface area contributed by atoms with Crippen LogP contribution in [0.25, 0.3) is 11.3 Å². The molecule has 2 N–H and O–H groups in total. The summed E-state index contributed by atoms with van der Waals surface area (Å²) < 4.78 is 5.32. The van der Waals surface area contributed by atoms with Crippen LogP contribution in [-0.4, -0.2) is 46.2 Å². The third kappa shape index (κ3) is 2.60. The van der Waals surface area contributed by atoms with Gasteiger partial charge in [0.1, 0.15) is 12.1 Å². The number of rotatable bonds is 2. The van der Waals surface area contributed by atoms with E-state index in [1.165, 1.54) is 6.33 Å². The third-order valence-electron chi connectivity index (χ3n) is 2.88. The molecule has 1 saturated heterocycles. The third-order valence-corrected chi connectivity index (χ3v) is 2.88. The molecule has 1 aliphatic heterocycles. The van der Waals surface area contributed by atoms with Gasteiger partial charge in [0, 0.05) is 37.1 Å². The number of hydrogen-bond acceptors (Lipinski definition) is 7. The number of ether oxygens (including phenoxy) is 1. The van der Waals surface area contributed by atoms with E-state index in [1.54, 1.807) is 18.5 Å². The molecule has 3 rings (SSSR count). The van der Waals surface area contributed by atoms with E-state index in [0.29, 0.717) is 25.0 Å². The van der Waals surface area contributed by atoms with Crippen molar-refractivity contribution in [1.29, 1.82) is 0 Å². The lowest BCUT2D eigenvalue weighted by atomic mass is 10.2. The van der Waals surface area contributed by atoms with Crippen LogP contribution in [0.1, 0.15) is 0 Å². The molecule has 0 bridgehead atoms. The summed E-state index contributed by atoms with van der Waals surface area (Å²) in [5.74, 6) is 1.07. The molecule has 3 heterocycles. The van der Waals surface area contributed by atoms with E-state index in [4.69, 9.17) is 10.5 Å². The van der Waals surface area contributed by atoms with Crippen molar-refractivity contribution in [3.63, 3.8) is 0 Å². The Balaban J connectivity index is 1.96. The van der Waals surface area contributed by atoms with Crippen LogP contribution >= 0.6 is 0 Å². The Labute approximate surface area is 110 Å². The molecule has 0 spiro atoms. The number of morpholine rings is 1. The van der Waals surface area contributed by atoms with E-state index in [1.807, 2.05) is 0 Å². The van der Waals surface area contributed by atoms with E-state index in [9.17, 15) is 0 Å². The van der Waals surface area contributed by atoms with Gasteiger partial charge >= 0.3 is 0 Å². The van der Waals surface area contributed by atoms with Crippen molar-refractivity contribution in [2.24, 2.45) is 0 Å². The largest absolute Gasteiger partial charge is 0.384 e. The number of aromatic nitrogens is 4. The summed E-state index contributed by atoms with van der Waals surface area (Å²) in [5.41, 5.74) is 7.41. The van der Waals surface area contributed by atoms with Gasteiger partial charge in [-0.1, -0.05) is 0 Å². The van der Waals surface area contributed by atoms with Gasteiger partial charge in [-0.15, -0.1) is 0 Å². The Morgan fingerprint density at radius 2 is 1.84 bits per heavy atom. The van der Waals surface area contributed by atoms with Crippen molar-refractivity contribution >= 4 is 11.8 Å². The summed E-state index contributed by atoms with van der Waals surface area (Å²) >= 11 is 0. The molecule has 2 aromatic rings. The maximum Gasteiger partial charge on any atom is 0.228 e. The van der Waals surface area contributed by atoms with Crippen molar-refractivity contribution in [1.82, 2.24) is 19.9 Å². The van der Waals surface area contributed by atoms with Crippen LogP contribution in [0.2, 0.25) is 0 Å². The van der Waals surface area contributed by atoms with E-state index in [0.717, 1.165) is 24.3 Å². The molecule has 7 heteroatoms. The monoisotopic (exact) mass is 258 g/mol. The van der Waals surface area contributed by atoms with Crippen molar-refractivity contribution in [3.8, 4) is 11.3 Å². The van der Waals surface area contributed by atoms with Gasteiger partial charge in [0.05, 0.1) is 18.9 Å². The zero-order chi connectivity index (χ0) is 13.1. The van der Waals surface area contributed by atoms with E-state index in [-0.39, 0.29) is 0 Å². The smallest absolute Gasteiger partial charge is 0.228 e. The molecule has 0 unspecified atom stereocenters. The molecule has 19 heavy (non-hydrogen) atoms. The number of anilines is 2. The van der Waals surface area contributed by atoms with Gasteiger partial charge in [0.15, 0.2) is 0 Å². The Morgan fingerprint density at radius 3 is 2.58 bits per heavy atom. The average molecular weight is 258 g/mol. The predicted octanol–water partition coefficient (Wildman–Crippen LogP) is 0.352. The topological polar surface area (TPSA) is 90.0 Å². The fraction of sp³-hybridized carbons (Fsp3) is 0.333. The highest BCUT2D eigenvalue weighted by atomic mass is 16.5. The maximum atomic E-state index is 5.85. The van der Waals surface area contributed by atoms with Crippen LogP contribution in [-0.2, 0) is 4.74 Å². The van der Waals surface area contributed by atoms with Crippen LogP contribution in [0, 0.1) is 0 Å². The molecule has 1 aliphatic rings. The molecule has 2 aromatic heterocycles. The summed E-state index contributed by atoms with van der Waals surface area (Å²) in [6.45, 7) is 2.91. The zero-order valence-electron chi connectivity index (χ0n) is 10.4. The molecule has 0 aromatic carbocycles. The standard InChI is InChI=1S/C12H14N6O/c13-11-5-10(9-6-14-8-15-7-9)16-12(17-11)18-1-3-19-4-2-18/h5-8H,1-4H2,(H2,13,16,17). The first kappa shape index (κ1) is 11.8. The second-order valence-corrected chi connectivity index (χ2v) is 4.20. The van der Waals surface area contributed by atoms with Crippen molar-refractivity contribution < 1.29 is 4.74 Å². The molecule has 0 saturated carbocycles. The lowest BCUT2D eigenvalue weighted by Crippen LogP contribution is -2.37. The maximum absolute atomic E-state index is 5.85. The summed E-state index contributed by atoms with van der Waals surface area (Å²) in [6, 6.07) is 1.72. The minimum absolute atomic E-state index is 0.440. The molecule has 1 fully saturated rings. The SMILES string of the molecule is Nc1cc(-c2cncnc2)nc(N2CCOCC2)n1. The summed E-state index contributed by atoms with van der Waals surface area (Å²) in [5, 5.41) is 0. The van der Waals surface area contributed by atoms with Crippen molar-refractivity contribution in [2.45, 2.75) is 0 Å². The summed E-state index contributed by atoms with van der Waals surface area (Å²) in [4.78, 5) is 18.8. The number of hydrogen-bond donors (Lipinski definition) is 1. The minimum atomic E-state index is 0.440. The molecular weight excluding hydrogens is 244 g/mol. The van der Waals surface area contributed by atoms with Crippen molar-refractivity contribution in [3.05, 3.63) is 24.8 Å². The van der Waals surface area contributed by atoms with Crippen LogP contribution in [0.3, 0.4) is 0 Å². The Kier molecular flexibility index (Phi) is 3.20. The molecule has 7 nitrogen and oxygen atoms in total. The Bertz CT molecular complexity index is 555. The molecule has 0 aliphatic carbocycles. The van der Waals surface area contributed by atoms with Gasteiger partial charge in [-0.05, 0) is 0 Å². The lowest BCUT2D eigenvalue weighted by molar-refractivity contribution is 0.122. The van der Waals surface area contributed by atoms with Crippen LogP contribution in [0.4, 0.5) is 11.8 Å². The second kappa shape index (κ2) is 5.15. The first-order valence-electron chi connectivity index (χ1n) is 6.05. The van der Waals surface area contributed by atoms with Gasteiger partial charge in [0.2, 0.25) is 5.95 Å². The Hall–Kier alpha value is -2.28. The van der Waals surface area contributed by atoms with E-state index in [2.05, 4.69) is 24.8 Å². The normalized spacial score (nSPS) is 15.5. The quantitative estimate of drug-likeness (QED) is 0.831. The first-order valence-corrected chi connectivity index (χ1v) is 6.05. The fourth-order valence-electron chi connectivity index (χ4n) is 1.94. The zero-order valence-corrected chi connectivity index (χ0v) is 10.4. The highest BCUT2D eigenvalue weighted by Gasteiger charge is 2.15. The molecule has 0 amide bonds. The van der Waals surface area contributed by atoms with E-state index >= 15 is 0 Å². The number of nitrogens with zero attached hydrogens (tertiary/aromatic N) is 5.